The summed E-state index contributed by atoms with van der Waals surface area (Å²) in [7, 11) is 0. The number of unbranched alkanes of at least 4 members (excludes halogenated alkanes) is 5. The molecule has 0 spiro atoms. The van der Waals surface area contributed by atoms with Crippen molar-refractivity contribution in [1.82, 2.24) is 15.5 Å². The summed E-state index contributed by atoms with van der Waals surface area (Å²) >= 11 is 0. The van der Waals surface area contributed by atoms with Crippen molar-refractivity contribution in [2.45, 2.75) is 130 Å². The average Bonchev–Trinajstić information content (AvgIpc) is 2.96. The number of phenols is 1. The van der Waals surface area contributed by atoms with Gasteiger partial charge in [-0.3, -0.25) is 9.59 Å². The van der Waals surface area contributed by atoms with Crippen molar-refractivity contribution >= 4 is 23.9 Å². The number of alkyl carbamates (subject to hydrolysis) is 1. The van der Waals surface area contributed by atoms with Crippen LogP contribution in [0.1, 0.15) is 111 Å². The molecule has 3 N–H and O–H groups in total. The van der Waals surface area contributed by atoms with Crippen molar-refractivity contribution in [3.63, 3.8) is 0 Å². The maximum absolute atomic E-state index is 14.4. The van der Waals surface area contributed by atoms with Gasteiger partial charge in [0.05, 0.1) is 0 Å². The predicted molar refractivity (Wildman–Crippen MR) is 183 cm³/mol. The topological polar surface area (TPSA) is 134 Å². The van der Waals surface area contributed by atoms with Crippen molar-refractivity contribution in [1.29, 1.82) is 0 Å². The Morgan fingerprint density at radius 2 is 1.43 bits per heavy atom. The van der Waals surface area contributed by atoms with Crippen LogP contribution in [-0.4, -0.2) is 63.7 Å². The van der Waals surface area contributed by atoms with Gasteiger partial charge in [-0.25, -0.2) is 9.59 Å². The molecule has 0 aliphatic heterocycles. The molecule has 0 saturated carbocycles. The molecule has 3 atom stereocenters. The number of ether oxygens (including phenoxy) is 2. The molecule has 0 aromatic heterocycles. The van der Waals surface area contributed by atoms with E-state index in [0.717, 1.165) is 37.7 Å². The van der Waals surface area contributed by atoms with E-state index in [1.807, 2.05) is 30.3 Å². The van der Waals surface area contributed by atoms with Crippen LogP contribution in [0.25, 0.3) is 0 Å². The molecule has 0 radical (unpaired) electrons. The Bertz CT molecular complexity index is 1300. The zero-order valence-corrected chi connectivity index (χ0v) is 29.4. The van der Waals surface area contributed by atoms with Crippen molar-refractivity contribution in [2.75, 3.05) is 6.54 Å². The number of nitrogens with one attached hydrogen (secondary N) is 2. The number of aromatic hydroxyl groups is 1. The lowest BCUT2D eigenvalue weighted by Gasteiger charge is -2.35. The van der Waals surface area contributed by atoms with Crippen LogP contribution in [0.15, 0.2) is 54.6 Å². The lowest BCUT2D eigenvalue weighted by molar-refractivity contribution is -0.159. The first-order valence-corrected chi connectivity index (χ1v) is 16.7. The second-order valence-corrected chi connectivity index (χ2v) is 13.9. The zero-order chi connectivity index (χ0) is 35.2. The molecule has 2 aromatic rings. The molecule has 2 aromatic carbocycles. The lowest BCUT2D eigenvalue weighted by Crippen LogP contribution is -2.54. The summed E-state index contributed by atoms with van der Waals surface area (Å²) in [6.07, 6.45) is 5.09. The summed E-state index contributed by atoms with van der Waals surface area (Å²) in [6.45, 7) is 14.3. The molecule has 0 saturated heterocycles. The Labute approximate surface area is 280 Å². The normalized spacial score (nSPS) is 13.5. The first-order chi connectivity index (χ1) is 22.0. The molecule has 10 heteroatoms. The van der Waals surface area contributed by atoms with Crippen LogP contribution in [0, 0.1) is 0 Å². The molecule has 2 rings (SSSR count). The summed E-state index contributed by atoms with van der Waals surface area (Å²) in [5, 5.41) is 15.9. The highest BCUT2D eigenvalue weighted by atomic mass is 16.6. The average molecular weight is 654 g/mol. The molecule has 3 amide bonds. The predicted octanol–water partition coefficient (Wildman–Crippen LogP) is 6.60. The maximum atomic E-state index is 14.4. The van der Waals surface area contributed by atoms with Crippen LogP contribution in [-0.2, 0) is 30.3 Å². The van der Waals surface area contributed by atoms with Gasteiger partial charge in [0.1, 0.15) is 35.1 Å². The monoisotopic (exact) mass is 653 g/mol. The third kappa shape index (κ3) is 14.5. The highest BCUT2D eigenvalue weighted by molar-refractivity contribution is 5.94. The minimum absolute atomic E-state index is 0.0832. The Morgan fingerprint density at radius 3 is 2.02 bits per heavy atom. The van der Waals surface area contributed by atoms with Crippen molar-refractivity contribution < 1.29 is 33.8 Å². The Morgan fingerprint density at radius 1 is 0.809 bits per heavy atom. The first-order valence-electron chi connectivity index (χ1n) is 16.7. The molecule has 0 heterocycles. The van der Waals surface area contributed by atoms with E-state index in [1.165, 1.54) is 24.0 Å². The third-order valence-electron chi connectivity index (χ3n) is 7.18. The smallest absolute Gasteiger partial charge is 0.408 e. The van der Waals surface area contributed by atoms with Gasteiger partial charge in [0.15, 0.2) is 0 Å². The van der Waals surface area contributed by atoms with Gasteiger partial charge >= 0.3 is 12.1 Å². The Kier molecular flexibility index (Phi) is 15.2. The van der Waals surface area contributed by atoms with Gasteiger partial charge < -0.3 is 30.1 Å². The molecule has 47 heavy (non-hydrogen) atoms. The van der Waals surface area contributed by atoms with Crippen molar-refractivity contribution in [2.24, 2.45) is 0 Å². The van der Waals surface area contributed by atoms with Gasteiger partial charge in [0.25, 0.3) is 0 Å². The second kappa shape index (κ2) is 18.3. The van der Waals surface area contributed by atoms with Crippen LogP contribution in [0.3, 0.4) is 0 Å². The van der Waals surface area contributed by atoms with E-state index < -0.39 is 53.2 Å². The molecule has 10 nitrogen and oxygen atoms in total. The fourth-order valence-corrected chi connectivity index (χ4v) is 5.06. The molecule has 0 aliphatic carbocycles. The van der Waals surface area contributed by atoms with Gasteiger partial charge in [-0.05, 0) is 78.1 Å². The van der Waals surface area contributed by atoms with Crippen LogP contribution >= 0.6 is 0 Å². The number of amides is 3. The van der Waals surface area contributed by atoms with E-state index in [9.17, 15) is 24.3 Å². The zero-order valence-electron chi connectivity index (χ0n) is 29.4. The molecule has 260 valence electrons. The number of hydrogen-bond acceptors (Lipinski definition) is 7. The summed E-state index contributed by atoms with van der Waals surface area (Å²) in [4.78, 5) is 56.0. The molecule has 3 unspecified atom stereocenters. The van der Waals surface area contributed by atoms with Gasteiger partial charge in [-0.2, -0.15) is 0 Å². The number of benzene rings is 2. The molecular formula is C37H55N3O7. The largest absolute Gasteiger partial charge is 0.508 e. The van der Waals surface area contributed by atoms with Crippen LogP contribution < -0.4 is 10.6 Å². The van der Waals surface area contributed by atoms with Gasteiger partial charge in [-0.15, -0.1) is 0 Å². The molecule has 0 aliphatic rings. The van der Waals surface area contributed by atoms with Gasteiger partial charge in [0.2, 0.25) is 11.8 Å². The number of carbonyl (C=O) groups is 4. The standard InChI is InChI=1S/C37H55N3O7/c1-9-10-11-12-13-17-23-40(33(43)26(2)38-35(45)47-37(6,7)8)31(28-21-18-22-29(41)25-28)32(42)39-30(34(44)46-36(3,4)5)24-27-19-15-14-16-20-27/h14-16,18-22,25-26,30-31,41H,9-13,17,23-24H2,1-8H3,(H,38,45)(H,39,42). The molecular weight excluding hydrogens is 598 g/mol. The number of carbonyl (C=O) groups excluding carboxylic acids is 4. The fraction of sp³-hybridized carbons (Fsp3) is 0.568. The number of rotatable bonds is 16. The van der Waals surface area contributed by atoms with Gasteiger partial charge in [0, 0.05) is 13.0 Å². The summed E-state index contributed by atoms with van der Waals surface area (Å²) < 4.78 is 11.1. The van der Waals surface area contributed by atoms with E-state index in [4.69, 9.17) is 9.47 Å². The van der Waals surface area contributed by atoms with E-state index in [2.05, 4.69) is 17.6 Å². The molecule has 0 bridgehead atoms. The minimum Gasteiger partial charge on any atom is -0.508 e. The Balaban J connectivity index is 2.52. The minimum atomic E-state index is -1.23. The number of esters is 1. The first kappa shape index (κ1) is 39.1. The lowest BCUT2D eigenvalue weighted by atomic mass is 10.00. The quantitative estimate of drug-likeness (QED) is 0.137. The highest BCUT2D eigenvalue weighted by Gasteiger charge is 2.37. The number of hydrogen-bond donors (Lipinski definition) is 3. The van der Waals surface area contributed by atoms with Crippen molar-refractivity contribution in [3.8, 4) is 5.75 Å². The van der Waals surface area contributed by atoms with E-state index in [0.29, 0.717) is 12.0 Å². The summed E-state index contributed by atoms with van der Waals surface area (Å²) in [5.41, 5.74) is -0.407. The van der Waals surface area contributed by atoms with Crippen LogP contribution in [0.4, 0.5) is 4.79 Å². The maximum Gasteiger partial charge on any atom is 0.408 e. The van der Waals surface area contributed by atoms with Crippen molar-refractivity contribution in [3.05, 3.63) is 65.7 Å². The molecule has 0 fully saturated rings. The third-order valence-corrected chi connectivity index (χ3v) is 7.18. The van der Waals surface area contributed by atoms with Crippen LogP contribution in [0.5, 0.6) is 5.75 Å². The Hall–Kier alpha value is -4.08. The van der Waals surface area contributed by atoms with Crippen LogP contribution in [0.2, 0.25) is 0 Å². The fourth-order valence-electron chi connectivity index (χ4n) is 5.06. The van der Waals surface area contributed by atoms with E-state index >= 15 is 0 Å². The number of nitrogens with zero attached hydrogens (tertiary/aromatic N) is 1. The highest BCUT2D eigenvalue weighted by Crippen LogP contribution is 2.27. The summed E-state index contributed by atoms with van der Waals surface area (Å²) in [5.74, 6) is -1.82. The summed E-state index contributed by atoms with van der Waals surface area (Å²) in [6, 6.07) is 12.1. The van der Waals surface area contributed by atoms with Gasteiger partial charge in [-0.1, -0.05) is 81.5 Å². The SMILES string of the molecule is CCCCCCCCN(C(=O)C(C)NC(=O)OC(C)(C)C)C(C(=O)NC(Cc1ccccc1)C(=O)OC(C)(C)C)c1cccc(O)c1. The second-order valence-electron chi connectivity index (χ2n) is 13.9. The number of phenolic OH excluding ortho intramolecular Hbond substituents is 1. The van der Waals surface area contributed by atoms with E-state index in [1.54, 1.807) is 53.7 Å². The van der Waals surface area contributed by atoms with E-state index in [-0.39, 0.29) is 18.7 Å².